The minimum Gasteiger partial charge on any atom is -0.312 e. The Morgan fingerprint density at radius 3 is 3.12 bits per heavy atom. The number of fused-ring (bicyclic) bond motifs is 1. The van der Waals surface area contributed by atoms with Crippen LogP contribution in [0.25, 0.3) is 0 Å². The molecular weight excluding hydrogens is 210 g/mol. The molecule has 1 atom stereocenters. The molecule has 1 N–H and O–H groups in total. The molecule has 1 aliphatic rings. The highest BCUT2D eigenvalue weighted by Crippen LogP contribution is 2.29. The summed E-state index contributed by atoms with van der Waals surface area (Å²) in [6.07, 6.45) is 1.90. The third-order valence-electron chi connectivity index (χ3n) is 3.50. The molecule has 17 heavy (non-hydrogen) atoms. The number of aryl methyl sites for hydroxylation is 1. The van der Waals surface area contributed by atoms with E-state index in [-0.39, 0.29) is 0 Å². The molecule has 0 bridgehead atoms. The smallest absolute Gasteiger partial charge is 0.0492 e. The van der Waals surface area contributed by atoms with Gasteiger partial charge in [-0.2, -0.15) is 5.10 Å². The van der Waals surface area contributed by atoms with Crippen LogP contribution in [0, 0.1) is 0 Å². The van der Waals surface area contributed by atoms with E-state index >= 15 is 0 Å². The lowest BCUT2D eigenvalue weighted by atomic mass is 9.88. The van der Waals surface area contributed by atoms with E-state index in [4.69, 9.17) is 0 Å². The maximum Gasteiger partial charge on any atom is 0.0492 e. The van der Waals surface area contributed by atoms with Crippen LogP contribution in [0.5, 0.6) is 0 Å². The predicted octanol–water partition coefficient (Wildman–Crippen LogP) is 2.14. The zero-order chi connectivity index (χ0) is 11.7. The monoisotopic (exact) mass is 227 g/mol. The third kappa shape index (κ3) is 1.76. The zero-order valence-electron chi connectivity index (χ0n) is 10.1. The summed E-state index contributed by atoms with van der Waals surface area (Å²) in [5, 5.41) is 7.86. The fourth-order valence-corrected chi connectivity index (χ4v) is 2.66. The summed E-state index contributed by atoms with van der Waals surface area (Å²) in [6, 6.07) is 10.8. The molecule has 0 saturated carbocycles. The van der Waals surface area contributed by atoms with E-state index in [2.05, 4.69) is 52.4 Å². The fourth-order valence-electron chi connectivity index (χ4n) is 2.66. The Balaban J connectivity index is 2.06. The molecule has 0 radical (unpaired) electrons. The quantitative estimate of drug-likeness (QED) is 0.852. The van der Waals surface area contributed by atoms with Crippen LogP contribution in [-0.4, -0.2) is 16.3 Å². The molecule has 0 aliphatic carbocycles. The molecule has 3 nitrogen and oxygen atoms in total. The van der Waals surface area contributed by atoms with Gasteiger partial charge >= 0.3 is 0 Å². The van der Waals surface area contributed by atoms with Crippen LogP contribution < -0.4 is 5.32 Å². The van der Waals surface area contributed by atoms with Crippen molar-refractivity contribution in [1.82, 2.24) is 15.1 Å². The number of hydrogen-bond donors (Lipinski definition) is 1. The first-order valence-electron chi connectivity index (χ1n) is 6.20. The molecule has 2 heterocycles. The number of nitrogens with zero attached hydrogens (tertiary/aromatic N) is 2. The zero-order valence-corrected chi connectivity index (χ0v) is 10.1. The largest absolute Gasteiger partial charge is 0.312 e. The Morgan fingerprint density at radius 2 is 2.24 bits per heavy atom. The van der Waals surface area contributed by atoms with Crippen LogP contribution in [0.3, 0.4) is 0 Å². The van der Waals surface area contributed by atoms with E-state index in [0.717, 1.165) is 19.6 Å². The summed E-state index contributed by atoms with van der Waals surface area (Å²) in [7, 11) is 0. The van der Waals surface area contributed by atoms with Crippen molar-refractivity contribution in [2.45, 2.75) is 25.9 Å². The highest BCUT2D eigenvalue weighted by molar-refractivity contribution is 5.37. The maximum absolute atomic E-state index is 4.37. The molecule has 0 fully saturated rings. The average Bonchev–Trinajstić information content (AvgIpc) is 2.86. The van der Waals surface area contributed by atoms with Crippen molar-refractivity contribution in [1.29, 1.82) is 0 Å². The number of nitrogens with one attached hydrogen (secondary N) is 1. The van der Waals surface area contributed by atoms with Crippen LogP contribution in [0.2, 0.25) is 0 Å². The molecule has 1 aromatic heterocycles. The van der Waals surface area contributed by atoms with Crippen molar-refractivity contribution in [3.05, 3.63) is 53.3 Å². The molecule has 1 aliphatic heterocycles. The highest BCUT2D eigenvalue weighted by atomic mass is 15.3. The summed E-state index contributed by atoms with van der Waals surface area (Å²) < 4.78 is 2.09. The normalized spacial score (nSPS) is 19.0. The first-order valence-corrected chi connectivity index (χ1v) is 6.20. The van der Waals surface area contributed by atoms with Gasteiger partial charge in [-0.25, -0.2) is 0 Å². The molecule has 2 aromatic rings. The van der Waals surface area contributed by atoms with Crippen LogP contribution in [0.15, 0.2) is 36.5 Å². The Labute approximate surface area is 101 Å². The molecule has 3 rings (SSSR count). The molecular formula is C14H17N3. The highest BCUT2D eigenvalue weighted by Gasteiger charge is 2.23. The maximum atomic E-state index is 4.37. The van der Waals surface area contributed by atoms with Gasteiger partial charge in [0.05, 0.1) is 0 Å². The summed E-state index contributed by atoms with van der Waals surface area (Å²) in [5.74, 6) is 0.433. The first-order chi connectivity index (χ1) is 8.40. The van der Waals surface area contributed by atoms with Gasteiger partial charge in [-0.1, -0.05) is 24.3 Å². The van der Waals surface area contributed by atoms with Crippen LogP contribution in [0.4, 0.5) is 0 Å². The van der Waals surface area contributed by atoms with Gasteiger partial charge in [0.25, 0.3) is 0 Å². The van der Waals surface area contributed by atoms with Crippen molar-refractivity contribution in [2.75, 3.05) is 6.54 Å². The van der Waals surface area contributed by atoms with Crippen LogP contribution >= 0.6 is 0 Å². The lowest BCUT2D eigenvalue weighted by Gasteiger charge is -2.26. The minimum absolute atomic E-state index is 0.433. The van der Waals surface area contributed by atoms with Gasteiger partial charge in [0, 0.05) is 37.4 Å². The van der Waals surface area contributed by atoms with Gasteiger partial charge < -0.3 is 5.32 Å². The molecule has 1 aromatic carbocycles. The van der Waals surface area contributed by atoms with E-state index < -0.39 is 0 Å². The van der Waals surface area contributed by atoms with Crippen molar-refractivity contribution in [3.8, 4) is 0 Å². The van der Waals surface area contributed by atoms with Gasteiger partial charge in [0.15, 0.2) is 0 Å². The summed E-state index contributed by atoms with van der Waals surface area (Å²) in [6.45, 7) is 5.05. The topological polar surface area (TPSA) is 29.9 Å². The van der Waals surface area contributed by atoms with Crippen molar-refractivity contribution < 1.29 is 0 Å². The first kappa shape index (κ1) is 10.5. The Morgan fingerprint density at radius 1 is 1.35 bits per heavy atom. The van der Waals surface area contributed by atoms with E-state index in [1.165, 1.54) is 16.8 Å². The fraction of sp³-hybridized carbons (Fsp3) is 0.357. The second kappa shape index (κ2) is 4.34. The predicted molar refractivity (Wildman–Crippen MR) is 67.9 cm³/mol. The van der Waals surface area contributed by atoms with Gasteiger partial charge in [-0.3, -0.25) is 4.68 Å². The Bertz CT molecular complexity index is 516. The second-order valence-electron chi connectivity index (χ2n) is 4.45. The van der Waals surface area contributed by atoms with Gasteiger partial charge in [-0.05, 0) is 24.1 Å². The van der Waals surface area contributed by atoms with Crippen molar-refractivity contribution in [3.63, 3.8) is 0 Å². The number of aromatic nitrogens is 2. The minimum atomic E-state index is 0.433. The standard InChI is InChI=1S/C14H17N3/c1-2-17-14(7-8-16-17)13-10-15-9-11-5-3-4-6-12(11)13/h3-8,13,15H,2,9-10H2,1H3. The van der Waals surface area contributed by atoms with E-state index in [1.54, 1.807) is 0 Å². The molecule has 0 spiro atoms. The second-order valence-corrected chi connectivity index (χ2v) is 4.45. The number of benzene rings is 1. The molecule has 1 unspecified atom stereocenters. The summed E-state index contributed by atoms with van der Waals surface area (Å²) >= 11 is 0. The lowest BCUT2D eigenvalue weighted by molar-refractivity contribution is 0.536. The van der Waals surface area contributed by atoms with Crippen LogP contribution in [0.1, 0.15) is 29.7 Å². The summed E-state index contributed by atoms with van der Waals surface area (Å²) in [5.41, 5.74) is 4.17. The number of hydrogen-bond acceptors (Lipinski definition) is 2. The Kier molecular flexibility index (Phi) is 2.69. The average molecular weight is 227 g/mol. The molecule has 88 valence electrons. The summed E-state index contributed by atoms with van der Waals surface area (Å²) in [4.78, 5) is 0. The van der Waals surface area contributed by atoms with E-state index in [1.807, 2.05) is 6.20 Å². The van der Waals surface area contributed by atoms with Gasteiger partial charge in [0.2, 0.25) is 0 Å². The SMILES string of the molecule is CCn1nccc1C1CNCc2ccccc21. The molecule has 3 heteroatoms. The van der Waals surface area contributed by atoms with Crippen molar-refractivity contribution in [2.24, 2.45) is 0 Å². The lowest BCUT2D eigenvalue weighted by Crippen LogP contribution is -2.30. The van der Waals surface area contributed by atoms with Gasteiger partial charge in [0.1, 0.15) is 0 Å². The molecule has 0 amide bonds. The Hall–Kier alpha value is -1.61. The third-order valence-corrected chi connectivity index (χ3v) is 3.50. The van der Waals surface area contributed by atoms with E-state index in [9.17, 15) is 0 Å². The number of rotatable bonds is 2. The van der Waals surface area contributed by atoms with E-state index in [0.29, 0.717) is 5.92 Å². The molecule has 0 saturated heterocycles. The van der Waals surface area contributed by atoms with Gasteiger partial charge in [-0.15, -0.1) is 0 Å². The van der Waals surface area contributed by atoms with Crippen LogP contribution in [-0.2, 0) is 13.1 Å². The van der Waals surface area contributed by atoms with Crippen molar-refractivity contribution >= 4 is 0 Å².